The number of pyridine rings is 1. The lowest BCUT2D eigenvalue weighted by Crippen LogP contribution is -2.41. The van der Waals surface area contributed by atoms with Gasteiger partial charge in [-0.15, -0.1) is 9.80 Å². The largest absolute Gasteiger partial charge is 0.447 e. The van der Waals surface area contributed by atoms with E-state index in [1.807, 2.05) is 53.1 Å². The number of thiol groups is 1. The molecule has 4 rings (SSSR count). The molecule has 0 unspecified atom stereocenters. The summed E-state index contributed by atoms with van der Waals surface area (Å²) < 4.78 is 21.1. The average Bonchev–Trinajstić information content (AvgIpc) is 3.26. The minimum atomic E-state index is -0.301. The molecule has 2 aromatic heterocycles. The van der Waals surface area contributed by atoms with Gasteiger partial charge in [0.05, 0.1) is 24.9 Å². The molecule has 12 heteroatoms. The first kappa shape index (κ1) is 30.3. The smallest absolute Gasteiger partial charge is 0.410 e. The zero-order valence-corrected chi connectivity index (χ0v) is 24.1. The fourth-order valence-corrected chi connectivity index (χ4v) is 3.84. The molecule has 0 aliphatic carbocycles. The number of aryl methyl sites for hydroxylation is 1. The molecule has 4 heterocycles. The van der Waals surface area contributed by atoms with E-state index in [0.717, 1.165) is 16.8 Å². The number of anilines is 1. The topological polar surface area (TPSA) is 108 Å². The van der Waals surface area contributed by atoms with E-state index in [1.54, 1.807) is 22.0 Å². The third-order valence-electron chi connectivity index (χ3n) is 5.71. The number of nitrogens with zero attached hydrogens (tertiary/aromatic N) is 5. The van der Waals surface area contributed by atoms with Crippen molar-refractivity contribution < 1.29 is 19.0 Å². The van der Waals surface area contributed by atoms with Gasteiger partial charge < -0.3 is 25.1 Å². The summed E-state index contributed by atoms with van der Waals surface area (Å²) in [6, 6.07) is 1.53. The van der Waals surface area contributed by atoms with Gasteiger partial charge in [0.2, 0.25) is 0 Å². The molecule has 2 fully saturated rings. The first-order chi connectivity index (χ1) is 17.2. The number of halogens is 2. The van der Waals surface area contributed by atoms with Gasteiger partial charge in [-0.3, -0.25) is 4.68 Å². The number of carbonyl (C=O) groups is 1. The van der Waals surface area contributed by atoms with Gasteiger partial charge >= 0.3 is 6.09 Å². The van der Waals surface area contributed by atoms with Crippen LogP contribution in [0.5, 0.6) is 0 Å². The normalized spacial score (nSPS) is 16.2. The Kier molecular flexibility index (Phi) is 12.9. The first-order valence-electron chi connectivity index (χ1n) is 12.0. The predicted molar refractivity (Wildman–Crippen MR) is 151 cm³/mol. The van der Waals surface area contributed by atoms with E-state index in [-0.39, 0.29) is 24.1 Å². The van der Waals surface area contributed by atoms with E-state index in [2.05, 4.69) is 19.9 Å². The van der Waals surface area contributed by atoms with Gasteiger partial charge in [0.25, 0.3) is 0 Å². The maximum absolute atomic E-state index is 14.3. The van der Waals surface area contributed by atoms with Crippen LogP contribution in [-0.2, 0) is 11.3 Å². The van der Waals surface area contributed by atoms with Crippen molar-refractivity contribution in [3.63, 3.8) is 0 Å². The van der Waals surface area contributed by atoms with E-state index in [4.69, 9.17) is 10.1 Å². The van der Waals surface area contributed by atoms with E-state index >= 15 is 0 Å². The summed E-state index contributed by atoms with van der Waals surface area (Å²) >= 11 is 1.84. The van der Waals surface area contributed by atoms with Crippen LogP contribution in [0.4, 0.5) is 15.0 Å². The van der Waals surface area contributed by atoms with Crippen LogP contribution in [0, 0.1) is 18.2 Å². The van der Waals surface area contributed by atoms with Crippen molar-refractivity contribution in [3.8, 4) is 0 Å². The van der Waals surface area contributed by atoms with Gasteiger partial charge in [0.15, 0.2) is 11.6 Å². The van der Waals surface area contributed by atoms with Gasteiger partial charge in [-0.1, -0.05) is 0 Å². The van der Waals surface area contributed by atoms with Crippen LogP contribution in [0.1, 0.15) is 50.7 Å². The average molecular weight is 635 g/mol. The maximum atomic E-state index is 14.3. The van der Waals surface area contributed by atoms with Crippen LogP contribution in [0.2, 0.25) is 0 Å². The zero-order chi connectivity index (χ0) is 26.7. The molecule has 2 aromatic rings. The minimum Gasteiger partial charge on any atom is -0.447 e. The van der Waals surface area contributed by atoms with E-state index in [1.165, 1.54) is 6.07 Å². The molecule has 2 saturated heterocycles. The van der Waals surface area contributed by atoms with Gasteiger partial charge in [0, 0.05) is 57.1 Å². The number of aliphatic hydroxyl groups is 1. The molecular weight excluding hydrogens is 598 g/mol. The van der Waals surface area contributed by atoms with Crippen LogP contribution in [-0.4, -0.2) is 75.0 Å². The number of likely N-dealkylation sites (tertiary alicyclic amines) is 1. The summed E-state index contributed by atoms with van der Waals surface area (Å²) in [6.07, 6.45) is 7.52. The molecule has 2 N–H and O–H groups in total. The van der Waals surface area contributed by atoms with Crippen LogP contribution >= 0.6 is 31.0 Å². The molecule has 0 atom stereocenters. The quantitative estimate of drug-likeness (QED) is 0.334. The summed E-state index contributed by atoms with van der Waals surface area (Å²) in [7, 11) is 3.50. The lowest BCUT2D eigenvalue weighted by molar-refractivity contribution is 0.0457. The lowest BCUT2D eigenvalue weighted by atomic mass is 10.1. The molecule has 1 amide bonds. The highest BCUT2D eigenvalue weighted by Crippen LogP contribution is 2.21. The molecule has 2 aliphatic heterocycles. The standard InChI is InChI=1S/C15H18FN5.C9H17NO3.HIS/c1-11-7-19-21(9-11)10-12-6-14(16)15(18-8-12)20-4-2-13(17)3-5-20;1-7(2)13-9(12)10-5-3-8(11)4-6-10;1-2/h6-9,17H,2-5,10H2,1H3;7-8,11H,3-6H2,1-2H3;2H. The number of hydrogen-bond acceptors (Lipinski definition) is 8. The number of hydrogen-bond donors (Lipinski definition) is 3. The fourth-order valence-electron chi connectivity index (χ4n) is 3.84. The first-order valence-corrected chi connectivity index (χ1v) is 15.2. The van der Waals surface area contributed by atoms with Crippen molar-refractivity contribution in [2.24, 2.45) is 0 Å². The van der Waals surface area contributed by atoms with E-state index < -0.39 is 0 Å². The Morgan fingerprint density at radius 1 is 1.25 bits per heavy atom. The Labute approximate surface area is 229 Å². The Bertz CT molecular complexity index is 975. The summed E-state index contributed by atoms with van der Waals surface area (Å²) in [4.78, 5) is 19.2. The summed E-state index contributed by atoms with van der Waals surface area (Å²) in [5.74, 6) is 0.0905. The third kappa shape index (κ3) is 9.85. The number of rotatable bonds is 4. The molecule has 0 saturated carbocycles. The molecule has 36 heavy (non-hydrogen) atoms. The van der Waals surface area contributed by atoms with Crippen LogP contribution in [0.15, 0.2) is 24.7 Å². The van der Waals surface area contributed by atoms with Gasteiger partial charge in [-0.05, 0) is 72.0 Å². The highest BCUT2D eigenvalue weighted by molar-refractivity contribution is 14.2. The summed E-state index contributed by atoms with van der Waals surface area (Å²) in [6.45, 7) is 8.69. The molecule has 0 radical (unpaired) electrons. The lowest BCUT2D eigenvalue weighted by Gasteiger charge is -2.29. The zero-order valence-electron chi connectivity index (χ0n) is 21.0. The van der Waals surface area contributed by atoms with Crippen LogP contribution in [0.3, 0.4) is 0 Å². The molecule has 0 spiro atoms. The Morgan fingerprint density at radius 2 is 1.89 bits per heavy atom. The summed E-state index contributed by atoms with van der Waals surface area (Å²) in [5.41, 5.74) is 2.61. The number of nitrogens with one attached hydrogen (secondary N) is 1. The fraction of sp³-hybridized carbons (Fsp3) is 0.583. The van der Waals surface area contributed by atoms with Crippen molar-refractivity contribution >= 4 is 48.6 Å². The second-order valence-corrected chi connectivity index (χ2v) is 9.11. The Hall–Kier alpha value is -1.93. The number of aromatic nitrogens is 3. The molecule has 2 aliphatic rings. The van der Waals surface area contributed by atoms with Crippen molar-refractivity contribution in [3.05, 3.63) is 41.6 Å². The van der Waals surface area contributed by atoms with Crippen molar-refractivity contribution in [1.82, 2.24) is 19.7 Å². The van der Waals surface area contributed by atoms with E-state index in [9.17, 15) is 14.3 Å². The Morgan fingerprint density at radius 3 is 2.42 bits per heavy atom. The van der Waals surface area contributed by atoms with Crippen LogP contribution in [0.25, 0.3) is 0 Å². The predicted octanol–water partition coefficient (Wildman–Crippen LogP) is 4.65. The monoisotopic (exact) mass is 634 g/mol. The van der Waals surface area contributed by atoms with Crippen molar-refractivity contribution in [2.45, 2.75) is 65.2 Å². The number of amides is 1. The van der Waals surface area contributed by atoms with Crippen molar-refractivity contribution in [1.29, 1.82) is 5.41 Å². The second kappa shape index (κ2) is 15.4. The highest BCUT2D eigenvalue weighted by Gasteiger charge is 2.22. The maximum Gasteiger partial charge on any atom is 0.410 e. The van der Waals surface area contributed by atoms with Crippen LogP contribution < -0.4 is 4.90 Å². The second-order valence-electron chi connectivity index (χ2n) is 9.11. The summed E-state index contributed by atoms with van der Waals surface area (Å²) in [5, 5.41) is 21.0. The minimum absolute atomic E-state index is 0.0700. The van der Waals surface area contributed by atoms with Gasteiger partial charge in [-0.2, -0.15) is 5.10 Å². The molecule has 0 bridgehead atoms. The van der Waals surface area contributed by atoms with Gasteiger partial charge in [0.1, 0.15) is 0 Å². The third-order valence-corrected chi connectivity index (χ3v) is 5.71. The number of ether oxygens (including phenoxy) is 1. The number of piperidine rings is 2. The molecule has 9 nitrogen and oxygen atoms in total. The molecular formula is C24H36FIN6O3S. The highest BCUT2D eigenvalue weighted by atomic mass is 127. The number of carbonyl (C=O) groups excluding carboxylic acids is 1. The Balaban J connectivity index is 0.000000262. The number of aliphatic hydroxyl groups excluding tert-OH is 1. The van der Waals surface area contributed by atoms with Crippen molar-refractivity contribution in [2.75, 3.05) is 31.1 Å². The molecule has 200 valence electrons. The van der Waals surface area contributed by atoms with E-state index in [0.29, 0.717) is 64.2 Å². The van der Waals surface area contributed by atoms with Gasteiger partial charge in [-0.25, -0.2) is 14.2 Å². The SMILES string of the molecule is CC(C)OC(=O)N1CCC(O)CC1.Cc1cnn(Cc2cnc(N3CCC(=N)CC3)c(F)c2)c1.SI. The molecule has 0 aromatic carbocycles.